The lowest BCUT2D eigenvalue weighted by atomic mass is 9.81. The molecule has 0 spiro atoms. The minimum absolute atomic E-state index is 0.828. The third-order valence-corrected chi connectivity index (χ3v) is 5.07. The summed E-state index contributed by atoms with van der Waals surface area (Å²) in [6.07, 6.45) is 10.4. The largest absolute Gasteiger partial charge is 0.314 e. The van der Waals surface area contributed by atoms with Crippen LogP contribution in [0.2, 0.25) is 0 Å². The Kier molecular flexibility index (Phi) is 4.90. The predicted molar refractivity (Wildman–Crippen MR) is 75.1 cm³/mol. The van der Waals surface area contributed by atoms with Gasteiger partial charge in [0, 0.05) is 6.04 Å². The second kappa shape index (κ2) is 6.22. The van der Waals surface area contributed by atoms with Gasteiger partial charge in [0.1, 0.15) is 0 Å². The van der Waals surface area contributed by atoms with Crippen molar-refractivity contribution in [2.45, 2.75) is 71.8 Å². The SMILES string of the molecule is CCNC(CCCC(C)C)C1CC2CCC1C2. The predicted octanol–water partition coefficient (Wildman–Crippen LogP) is 4.23. The zero-order chi connectivity index (χ0) is 12.3. The van der Waals surface area contributed by atoms with E-state index in [2.05, 4.69) is 26.1 Å². The van der Waals surface area contributed by atoms with Crippen molar-refractivity contribution in [3.63, 3.8) is 0 Å². The third-order valence-electron chi connectivity index (χ3n) is 5.07. The molecule has 1 N–H and O–H groups in total. The van der Waals surface area contributed by atoms with Gasteiger partial charge in [0.05, 0.1) is 0 Å². The molecular formula is C16H31N. The van der Waals surface area contributed by atoms with Crippen LogP contribution in [0.4, 0.5) is 0 Å². The van der Waals surface area contributed by atoms with Gasteiger partial charge in [-0.25, -0.2) is 0 Å². The van der Waals surface area contributed by atoms with Crippen molar-refractivity contribution in [1.29, 1.82) is 0 Å². The fourth-order valence-electron chi connectivity index (χ4n) is 4.26. The Morgan fingerprint density at radius 2 is 1.94 bits per heavy atom. The van der Waals surface area contributed by atoms with E-state index < -0.39 is 0 Å². The lowest BCUT2D eigenvalue weighted by Crippen LogP contribution is -2.38. The smallest absolute Gasteiger partial charge is 0.00979 e. The summed E-state index contributed by atoms with van der Waals surface area (Å²) in [4.78, 5) is 0. The van der Waals surface area contributed by atoms with Crippen LogP contribution in [0.15, 0.2) is 0 Å². The Hall–Kier alpha value is -0.0400. The Bertz CT molecular complexity index is 224. The van der Waals surface area contributed by atoms with Gasteiger partial charge >= 0.3 is 0 Å². The third kappa shape index (κ3) is 3.47. The van der Waals surface area contributed by atoms with E-state index in [1.807, 2.05) is 0 Å². The lowest BCUT2D eigenvalue weighted by Gasteiger charge is -2.31. The summed E-state index contributed by atoms with van der Waals surface area (Å²) >= 11 is 0. The fraction of sp³-hybridized carbons (Fsp3) is 1.00. The Labute approximate surface area is 108 Å². The summed E-state index contributed by atoms with van der Waals surface area (Å²) in [5, 5.41) is 3.78. The zero-order valence-corrected chi connectivity index (χ0v) is 12.0. The first-order valence-corrected chi connectivity index (χ1v) is 7.94. The fourth-order valence-corrected chi connectivity index (χ4v) is 4.26. The summed E-state index contributed by atoms with van der Waals surface area (Å²) < 4.78 is 0. The van der Waals surface area contributed by atoms with E-state index in [0.29, 0.717) is 0 Å². The molecule has 2 aliphatic rings. The molecule has 4 unspecified atom stereocenters. The maximum absolute atomic E-state index is 3.78. The van der Waals surface area contributed by atoms with E-state index in [-0.39, 0.29) is 0 Å². The van der Waals surface area contributed by atoms with Crippen LogP contribution in [-0.2, 0) is 0 Å². The first-order chi connectivity index (χ1) is 8.20. The number of rotatable bonds is 7. The maximum Gasteiger partial charge on any atom is 0.00979 e. The number of fused-ring (bicyclic) bond motifs is 2. The lowest BCUT2D eigenvalue weighted by molar-refractivity contribution is 0.235. The van der Waals surface area contributed by atoms with Crippen molar-refractivity contribution >= 4 is 0 Å². The average molecular weight is 237 g/mol. The molecule has 0 aromatic rings. The van der Waals surface area contributed by atoms with Crippen LogP contribution in [0.5, 0.6) is 0 Å². The molecule has 0 aliphatic heterocycles. The minimum atomic E-state index is 0.828. The summed E-state index contributed by atoms with van der Waals surface area (Å²) in [5.74, 6) is 4.05. The van der Waals surface area contributed by atoms with Crippen molar-refractivity contribution in [2.75, 3.05) is 6.54 Å². The van der Waals surface area contributed by atoms with E-state index in [9.17, 15) is 0 Å². The first kappa shape index (κ1) is 13.4. The molecule has 1 nitrogen and oxygen atoms in total. The summed E-state index contributed by atoms with van der Waals surface area (Å²) in [6.45, 7) is 8.11. The molecule has 2 saturated carbocycles. The van der Waals surface area contributed by atoms with Gasteiger partial charge < -0.3 is 5.32 Å². The molecule has 0 aromatic carbocycles. The quantitative estimate of drug-likeness (QED) is 0.699. The molecule has 17 heavy (non-hydrogen) atoms. The van der Waals surface area contributed by atoms with Gasteiger partial charge in [0.2, 0.25) is 0 Å². The van der Waals surface area contributed by atoms with Crippen LogP contribution >= 0.6 is 0 Å². The van der Waals surface area contributed by atoms with Gasteiger partial charge in [0.25, 0.3) is 0 Å². The molecule has 0 saturated heterocycles. The minimum Gasteiger partial charge on any atom is -0.314 e. The van der Waals surface area contributed by atoms with Crippen molar-refractivity contribution in [3.8, 4) is 0 Å². The van der Waals surface area contributed by atoms with Crippen LogP contribution in [0.25, 0.3) is 0 Å². The monoisotopic (exact) mass is 237 g/mol. The highest BCUT2D eigenvalue weighted by molar-refractivity contribution is 4.95. The van der Waals surface area contributed by atoms with Crippen molar-refractivity contribution in [3.05, 3.63) is 0 Å². The average Bonchev–Trinajstić information content (AvgIpc) is 2.89. The maximum atomic E-state index is 3.78. The van der Waals surface area contributed by atoms with Gasteiger partial charge in [-0.2, -0.15) is 0 Å². The molecular weight excluding hydrogens is 206 g/mol. The van der Waals surface area contributed by atoms with E-state index in [1.165, 1.54) is 38.5 Å². The summed E-state index contributed by atoms with van der Waals surface area (Å²) in [7, 11) is 0. The van der Waals surface area contributed by atoms with Crippen molar-refractivity contribution < 1.29 is 0 Å². The van der Waals surface area contributed by atoms with Gasteiger partial charge in [-0.05, 0) is 55.9 Å². The van der Waals surface area contributed by atoms with E-state index >= 15 is 0 Å². The highest BCUT2D eigenvalue weighted by Crippen LogP contribution is 2.50. The second-order valence-electron chi connectivity index (χ2n) is 6.83. The molecule has 0 amide bonds. The highest BCUT2D eigenvalue weighted by atomic mass is 14.9. The molecule has 2 aliphatic carbocycles. The molecule has 2 fully saturated rings. The van der Waals surface area contributed by atoms with Gasteiger partial charge in [0.15, 0.2) is 0 Å². The first-order valence-electron chi connectivity index (χ1n) is 7.94. The van der Waals surface area contributed by atoms with Gasteiger partial charge in [-0.15, -0.1) is 0 Å². The standard InChI is InChI=1S/C16H31N/c1-4-17-16(7-5-6-12(2)3)15-11-13-8-9-14(15)10-13/h12-17H,4-11H2,1-3H3. The molecule has 0 heterocycles. The molecule has 100 valence electrons. The van der Waals surface area contributed by atoms with Gasteiger partial charge in [-0.3, -0.25) is 0 Å². The number of hydrogen-bond acceptors (Lipinski definition) is 1. The molecule has 2 rings (SSSR count). The van der Waals surface area contributed by atoms with Crippen LogP contribution < -0.4 is 5.32 Å². The van der Waals surface area contributed by atoms with Crippen molar-refractivity contribution in [2.24, 2.45) is 23.7 Å². The molecule has 0 radical (unpaired) electrons. The Morgan fingerprint density at radius 1 is 1.12 bits per heavy atom. The van der Waals surface area contributed by atoms with E-state index in [0.717, 1.165) is 36.3 Å². The summed E-state index contributed by atoms with van der Waals surface area (Å²) in [5.41, 5.74) is 0. The van der Waals surface area contributed by atoms with Crippen LogP contribution in [-0.4, -0.2) is 12.6 Å². The summed E-state index contributed by atoms with van der Waals surface area (Å²) in [6, 6.07) is 0.828. The van der Waals surface area contributed by atoms with Crippen LogP contribution in [0, 0.1) is 23.7 Å². The zero-order valence-electron chi connectivity index (χ0n) is 12.0. The molecule has 1 heteroatoms. The Balaban J connectivity index is 1.80. The van der Waals surface area contributed by atoms with Crippen molar-refractivity contribution in [1.82, 2.24) is 5.32 Å². The molecule has 2 bridgehead atoms. The highest BCUT2D eigenvalue weighted by Gasteiger charge is 2.42. The number of nitrogens with one attached hydrogen (secondary N) is 1. The molecule has 0 aromatic heterocycles. The topological polar surface area (TPSA) is 12.0 Å². The van der Waals surface area contributed by atoms with Crippen LogP contribution in [0.1, 0.15) is 65.7 Å². The van der Waals surface area contributed by atoms with Crippen LogP contribution in [0.3, 0.4) is 0 Å². The van der Waals surface area contributed by atoms with E-state index in [1.54, 1.807) is 6.42 Å². The second-order valence-corrected chi connectivity index (χ2v) is 6.83. The normalized spacial score (nSPS) is 33.5. The molecule has 4 atom stereocenters. The number of hydrogen-bond donors (Lipinski definition) is 1. The Morgan fingerprint density at radius 3 is 2.47 bits per heavy atom. The van der Waals surface area contributed by atoms with Gasteiger partial charge in [-0.1, -0.05) is 40.0 Å². The van der Waals surface area contributed by atoms with E-state index in [4.69, 9.17) is 0 Å².